The average molecular weight is 547 g/mol. The lowest BCUT2D eigenvalue weighted by molar-refractivity contribution is 0.660. The Morgan fingerprint density at radius 1 is 0.634 bits per heavy atom. The zero-order valence-corrected chi connectivity index (χ0v) is 22.2. The monoisotopic (exact) mass is 546 g/mol. The SMILES string of the molecule is O=c1c2ccccc2oc2cc3sc4c(-n5c6ccccc6c6cc(-c7ncncn7)ccc65)cccc4c3cc12. The number of hydrogen-bond donors (Lipinski definition) is 0. The second kappa shape index (κ2) is 8.30. The summed E-state index contributed by atoms with van der Waals surface area (Å²) in [5.74, 6) is 0.647. The Bertz CT molecular complexity index is 2560. The van der Waals surface area contributed by atoms with Crippen LogP contribution in [0.25, 0.3) is 81.0 Å². The smallest absolute Gasteiger partial charge is 0.200 e. The quantitative estimate of drug-likeness (QED) is 0.204. The highest BCUT2D eigenvalue weighted by Gasteiger charge is 2.18. The van der Waals surface area contributed by atoms with E-state index in [2.05, 4.69) is 80.2 Å². The van der Waals surface area contributed by atoms with Crippen LogP contribution in [-0.4, -0.2) is 19.5 Å². The van der Waals surface area contributed by atoms with E-state index >= 15 is 0 Å². The first-order valence-electron chi connectivity index (χ1n) is 13.2. The number of benzene rings is 5. The van der Waals surface area contributed by atoms with Crippen LogP contribution in [0.2, 0.25) is 0 Å². The van der Waals surface area contributed by atoms with Gasteiger partial charge in [-0.3, -0.25) is 4.79 Å². The summed E-state index contributed by atoms with van der Waals surface area (Å²) in [6.07, 6.45) is 3.04. The lowest BCUT2D eigenvalue weighted by Gasteiger charge is -2.09. The van der Waals surface area contributed by atoms with E-state index in [1.807, 2.05) is 36.4 Å². The average Bonchev–Trinajstić information content (AvgIpc) is 3.56. The van der Waals surface area contributed by atoms with Crippen molar-refractivity contribution in [1.82, 2.24) is 19.5 Å². The maximum absolute atomic E-state index is 13.4. The Hall–Kier alpha value is -5.40. The zero-order valence-electron chi connectivity index (χ0n) is 21.4. The minimum absolute atomic E-state index is 0.00404. The standard InChI is InChI=1S/C34H18N4O2S/c39-32-22-7-2-4-11-29(22)40-30-16-31-24(15-25(30)32)21-8-5-10-28(33(21)41-31)38-26-9-3-1-6-20(26)23-14-19(12-13-27(23)38)34-36-17-35-18-37-34/h1-18H. The highest BCUT2D eigenvalue weighted by molar-refractivity contribution is 7.26. The third-order valence-electron chi connectivity index (χ3n) is 7.84. The molecule has 0 unspecified atom stereocenters. The largest absolute Gasteiger partial charge is 0.456 e. The molecule has 0 spiro atoms. The van der Waals surface area contributed by atoms with Gasteiger partial charge in [0.25, 0.3) is 0 Å². The number of rotatable bonds is 2. The minimum atomic E-state index is -0.00404. The number of hydrogen-bond acceptors (Lipinski definition) is 6. The molecule has 0 saturated carbocycles. The summed E-state index contributed by atoms with van der Waals surface area (Å²) in [5.41, 5.74) is 5.46. The van der Waals surface area contributed by atoms with Gasteiger partial charge < -0.3 is 8.98 Å². The predicted octanol–water partition coefficient (Wildman–Crippen LogP) is 8.26. The van der Waals surface area contributed by atoms with Gasteiger partial charge in [-0.25, -0.2) is 15.0 Å². The van der Waals surface area contributed by atoms with Crippen LogP contribution >= 0.6 is 11.3 Å². The van der Waals surface area contributed by atoms with Crippen molar-refractivity contribution in [3.8, 4) is 17.1 Å². The van der Waals surface area contributed by atoms with E-state index in [-0.39, 0.29) is 5.43 Å². The molecule has 41 heavy (non-hydrogen) atoms. The normalized spacial score (nSPS) is 12.0. The molecule has 5 aromatic carbocycles. The number of aromatic nitrogens is 4. The van der Waals surface area contributed by atoms with Gasteiger partial charge in [-0.1, -0.05) is 42.5 Å². The Kier molecular flexibility index (Phi) is 4.54. The van der Waals surface area contributed by atoms with Crippen molar-refractivity contribution >= 4 is 75.3 Å². The van der Waals surface area contributed by atoms with E-state index in [4.69, 9.17) is 4.42 Å². The van der Waals surface area contributed by atoms with Crippen LogP contribution in [0.3, 0.4) is 0 Å². The van der Waals surface area contributed by atoms with Crippen molar-refractivity contribution in [2.24, 2.45) is 0 Å². The first-order chi connectivity index (χ1) is 20.2. The summed E-state index contributed by atoms with van der Waals surface area (Å²) in [6.45, 7) is 0. The molecule has 0 aliphatic carbocycles. The fraction of sp³-hybridized carbons (Fsp3) is 0. The van der Waals surface area contributed by atoms with E-state index in [1.54, 1.807) is 11.3 Å². The molecule has 9 aromatic rings. The Balaban J connectivity index is 1.35. The highest BCUT2D eigenvalue weighted by atomic mass is 32.1. The number of para-hydroxylation sites is 2. The van der Waals surface area contributed by atoms with Crippen LogP contribution in [0, 0.1) is 0 Å². The van der Waals surface area contributed by atoms with Gasteiger partial charge in [0.15, 0.2) is 5.82 Å². The van der Waals surface area contributed by atoms with Gasteiger partial charge in [-0.05, 0) is 54.6 Å². The van der Waals surface area contributed by atoms with E-state index < -0.39 is 0 Å². The van der Waals surface area contributed by atoms with Crippen molar-refractivity contribution < 1.29 is 4.42 Å². The molecular weight excluding hydrogens is 528 g/mol. The lowest BCUT2D eigenvalue weighted by Crippen LogP contribution is -2.01. The summed E-state index contributed by atoms with van der Waals surface area (Å²) < 4.78 is 10.7. The topological polar surface area (TPSA) is 73.8 Å². The van der Waals surface area contributed by atoms with Crippen molar-refractivity contribution in [3.63, 3.8) is 0 Å². The first kappa shape index (κ1) is 22.4. The van der Waals surface area contributed by atoms with Gasteiger partial charge in [0.1, 0.15) is 23.8 Å². The first-order valence-corrected chi connectivity index (χ1v) is 14.0. The van der Waals surface area contributed by atoms with Gasteiger partial charge in [0.2, 0.25) is 5.43 Å². The van der Waals surface area contributed by atoms with Gasteiger partial charge in [0.05, 0.1) is 32.2 Å². The Morgan fingerprint density at radius 2 is 1.41 bits per heavy atom. The van der Waals surface area contributed by atoms with E-state index in [0.717, 1.165) is 53.2 Å². The molecule has 0 bridgehead atoms. The lowest BCUT2D eigenvalue weighted by atomic mass is 10.1. The van der Waals surface area contributed by atoms with Crippen LogP contribution in [0.1, 0.15) is 0 Å². The van der Waals surface area contributed by atoms with Crippen molar-refractivity contribution in [2.45, 2.75) is 0 Å². The second-order valence-electron chi connectivity index (χ2n) is 10.1. The molecule has 6 nitrogen and oxygen atoms in total. The third kappa shape index (κ3) is 3.18. The summed E-state index contributed by atoms with van der Waals surface area (Å²) in [7, 11) is 0. The van der Waals surface area contributed by atoms with Crippen molar-refractivity contribution in [1.29, 1.82) is 0 Å². The van der Waals surface area contributed by atoms with Gasteiger partial charge in [-0.2, -0.15) is 0 Å². The summed E-state index contributed by atoms with van der Waals surface area (Å²) >= 11 is 1.72. The molecule has 0 aliphatic heterocycles. The fourth-order valence-electron chi connectivity index (χ4n) is 6.01. The predicted molar refractivity (Wildman–Crippen MR) is 166 cm³/mol. The maximum Gasteiger partial charge on any atom is 0.200 e. The van der Waals surface area contributed by atoms with Crippen LogP contribution in [0.5, 0.6) is 0 Å². The molecular formula is C34H18N4O2S. The molecule has 0 N–H and O–H groups in total. The summed E-state index contributed by atoms with van der Waals surface area (Å²) in [6, 6.07) is 32.7. The Morgan fingerprint density at radius 3 is 2.32 bits per heavy atom. The fourth-order valence-corrected chi connectivity index (χ4v) is 7.23. The minimum Gasteiger partial charge on any atom is -0.456 e. The second-order valence-corrected chi connectivity index (χ2v) is 11.1. The van der Waals surface area contributed by atoms with E-state index in [1.165, 1.54) is 12.7 Å². The van der Waals surface area contributed by atoms with Crippen molar-refractivity contribution in [2.75, 3.05) is 0 Å². The molecule has 0 amide bonds. The zero-order chi connectivity index (χ0) is 27.1. The van der Waals surface area contributed by atoms with Crippen LogP contribution in [-0.2, 0) is 0 Å². The van der Waals surface area contributed by atoms with Crippen LogP contribution in [0.15, 0.2) is 119 Å². The molecule has 0 saturated heterocycles. The van der Waals surface area contributed by atoms with Crippen molar-refractivity contribution in [3.05, 3.63) is 120 Å². The van der Waals surface area contributed by atoms with Crippen LogP contribution in [0.4, 0.5) is 0 Å². The molecule has 0 radical (unpaired) electrons. The number of thiophene rings is 1. The van der Waals surface area contributed by atoms with Gasteiger partial charge in [-0.15, -0.1) is 11.3 Å². The molecule has 4 aromatic heterocycles. The maximum atomic E-state index is 13.4. The molecule has 0 atom stereocenters. The van der Waals surface area contributed by atoms with Gasteiger partial charge >= 0.3 is 0 Å². The highest BCUT2D eigenvalue weighted by Crippen LogP contribution is 2.42. The molecule has 9 rings (SSSR count). The molecule has 4 heterocycles. The molecule has 192 valence electrons. The number of fused-ring (bicyclic) bond motifs is 8. The Labute approximate surface area is 235 Å². The molecule has 0 aliphatic rings. The third-order valence-corrected chi connectivity index (χ3v) is 9.03. The summed E-state index contributed by atoms with van der Waals surface area (Å²) in [5, 5.41) is 5.66. The van der Waals surface area contributed by atoms with E-state index in [0.29, 0.717) is 27.8 Å². The molecule has 7 heteroatoms. The van der Waals surface area contributed by atoms with Gasteiger partial charge in [0, 0.05) is 31.8 Å². The summed E-state index contributed by atoms with van der Waals surface area (Å²) in [4.78, 5) is 26.1. The number of nitrogens with zero attached hydrogens (tertiary/aromatic N) is 4. The molecule has 0 fully saturated rings. The van der Waals surface area contributed by atoms with Crippen LogP contribution < -0.4 is 5.43 Å². The van der Waals surface area contributed by atoms with E-state index in [9.17, 15) is 4.79 Å².